The van der Waals surface area contributed by atoms with E-state index in [2.05, 4.69) is 14.7 Å². The number of fused-ring (bicyclic) bond motifs is 1. The van der Waals surface area contributed by atoms with E-state index in [0.717, 1.165) is 0 Å². The van der Waals surface area contributed by atoms with E-state index in [1.165, 1.54) is 12.4 Å². The van der Waals surface area contributed by atoms with Crippen molar-refractivity contribution in [1.82, 2.24) is 14.7 Å². The third-order valence-electron chi connectivity index (χ3n) is 2.57. The van der Waals surface area contributed by atoms with Gasteiger partial charge in [0.25, 0.3) is 5.91 Å². The molecule has 2 heterocycles. The summed E-state index contributed by atoms with van der Waals surface area (Å²) in [5.74, 6) is -0.430. The van der Waals surface area contributed by atoms with Gasteiger partial charge in [0.2, 0.25) is 0 Å². The molecule has 0 aliphatic carbocycles. The summed E-state index contributed by atoms with van der Waals surface area (Å²) in [6.45, 7) is 0. The highest BCUT2D eigenvalue weighted by atomic mass is 32.3. The summed E-state index contributed by atoms with van der Waals surface area (Å²) < 4.78 is 15.3. The van der Waals surface area contributed by atoms with Gasteiger partial charge in [-0.2, -0.15) is 0 Å². The first-order valence-electron chi connectivity index (χ1n) is 5.02. The topological polar surface area (TPSA) is 72.0 Å². The van der Waals surface area contributed by atoms with Gasteiger partial charge in [-0.3, -0.25) is 13.7 Å². The lowest BCUT2D eigenvalue weighted by Crippen LogP contribution is -2.29. The van der Waals surface area contributed by atoms with Crippen LogP contribution in [0.4, 0.5) is 0 Å². The minimum atomic E-state index is -3.14. The third kappa shape index (κ3) is 1.38. The molecule has 17 heavy (non-hydrogen) atoms. The first-order chi connectivity index (χ1) is 8.22. The molecular formula is C11H9N3O2S. The van der Waals surface area contributed by atoms with E-state index in [0.29, 0.717) is 4.90 Å². The summed E-state index contributed by atoms with van der Waals surface area (Å²) in [6, 6.07) is 8.80. The number of thiol groups is 1. The summed E-state index contributed by atoms with van der Waals surface area (Å²) in [7, 11) is -3.14. The Morgan fingerprint density at radius 1 is 1.06 bits per heavy atom. The molecule has 1 amide bonds. The van der Waals surface area contributed by atoms with Gasteiger partial charge in [-0.15, -0.1) is 0 Å². The van der Waals surface area contributed by atoms with Gasteiger partial charge in [-0.05, 0) is 12.1 Å². The van der Waals surface area contributed by atoms with Gasteiger partial charge >= 0.3 is 0 Å². The van der Waals surface area contributed by atoms with Crippen molar-refractivity contribution in [2.45, 2.75) is 9.92 Å². The average Bonchev–Trinajstić information content (AvgIpc) is 2.65. The predicted molar refractivity (Wildman–Crippen MR) is 62.0 cm³/mol. The number of amides is 1. The zero-order valence-electron chi connectivity index (χ0n) is 8.70. The molecule has 2 aromatic rings. The fourth-order valence-electron chi connectivity index (χ4n) is 1.79. The summed E-state index contributed by atoms with van der Waals surface area (Å²) in [5, 5.41) is 0.246. The smallest absolute Gasteiger partial charge is 0.283 e. The number of carbonyl (C=O) groups excluding carboxylic acids is 1. The molecule has 1 aromatic carbocycles. The molecule has 1 aromatic heterocycles. The number of hydrogen-bond donors (Lipinski definition) is 2. The summed E-state index contributed by atoms with van der Waals surface area (Å²) in [6.07, 6.45) is 2.85. The average molecular weight is 247 g/mol. The molecule has 1 aliphatic heterocycles. The number of hydrogen-bond acceptors (Lipinski definition) is 4. The van der Waals surface area contributed by atoms with E-state index in [-0.39, 0.29) is 10.7 Å². The van der Waals surface area contributed by atoms with Gasteiger partial charge in [0.1, 0.15) is 0 Å². The molecule has 6 heteroatoms. The van der Waals surface area contributed by atoms with Crippen LogP contribution in [0.5, 0.6) is 0 Å². The molecule has 0 radical (unpaired) electrons. The highest BCUT2D eigenvalue weighted by Gasteiger charge is 2.36. The number of benzene rings is 1. The third-order valence-corrected chi connectivity index (χ3v) is 5.04. The minimum absolute atomic E-state index is 0.152. The van der Waals surface area contributed by atoms with Gasteiger partial charge < -0.3 is 0 Å². The van der Waals surface area contributed by atoms with Gasteiger partial charge in [-0.1, -0.05) is 18.2 Å². The molecule has 0 saturated carbocycles. The Morgan fingerprint density at radius 3 is 2.53 bits per heavy atom. The van der Waals surface area contributed by atoms with Crippen molar-refractivity contribution < 1.29 is 9.00 Å². The van der Waals surface area contributed by atoms with Crippen LogP contribution in [0.1, 0.15) is 10.5 Å². The predicted octanol–water partition coefficient (Wildman–Crippen LogP) is 0.570. The van der Waals surface area contributed by atoms with Crippen LogP contribution in [0.15, 0.2) is 52.6 Å². The van der Waals surface area contributed by atoms with Crippen LogP contribution in [0, 0.1) is 0 Å². The first-order valence-corrected chi connectivity index (χ1v) is 6.72. The maximum absolute atomic E-state index is 12.8. The maximum Gasteiger partial charge on any atom is 0.283 e. The fourth-order valence-corrected chi connectivity index (χ4v) is 3.95. The Morgan fingerprint density at radius 2 is 1.76 bits per heavy atom. The van der Waals surface area contributed by atoms with Crippen LogP contribution in [-0.4, -0.2) is 20.1 Å². The van der Waals surface area contributed by atoms with E-state index >= 15 is 0 Å². The van der Waals surface area contributed by atoms with Gasteiger partial charge in [0.15, 0.2) is 10.7 Å². The van der Waals surface area contributed by atoms with Crippen molar-refractivity contribution in [3.05, 3.63) is 48.4 Å². The Kier molecular flexibility index (Phi) is 2.05. The van der Waals surface area contributed by atoms with Crippen molar-refractivity contribution in [2.24, 2.45) is 0 Å². The lowest BCUT2D eigenvalue weighted by atomic mass is 10.4. The lowest BCUT2D eigenvalue weighted by molar-refractivity contribution is 0.0980. The molecule has 0 bridgehead atoms. The maximum atomic E-state index is 12.8. The van der Waals surface area contributed by atoms with Crippen molar-refractivity contribution in [3.63, 3.8) is 0 Å². The van der Waals surface area contributed by atoms with Crippen LogP contribution < -0.4 is 4.72 Å². The Balaban J connectivity index is 2.25. The molecule has 0 unspecified atom stereocenters. The molecule has 0 atom stereocenters. The molecular weight excluding hydrogens is 238 g/mol. The van der Waals surface area contributed by atoms with Gasteiger partial charge in [0, 0.05) is 27.4 Å². The van der Waals surface area contributed by atoms with Crippen LogP contribution in [-0.2, 0) is 10.1 Å². The fraction of sp³-hybridized carbons (Fsp3) is 0. The number of rotatable bonds is 1. The molecule has 0 spiro atoms. The number of nitrogens with zero attached hydrogens (tertiary/aromatic N) is 2. The van der Waals surface area contributed by atoms with Crippen LogP contribution in [0.2, 0.25) is 0 Å². The quantitative estimate of drug-likeness (QED) is 0.723. The standard InChI is InChI=1S/C11H9N3O2S/c15-10-9-11(13-7-6-12-9)17(16,14-10)8-4-2-1-3-5-8/h1-7,17H,(H,14,15,16). The van der Waals surface area contributed by atoms with E-state index in [4.69, 9.17) is 0 Å². The molecule has 5 nitrogen and oxygen atoms in total. The second-order valence-corrected chi connectivity index (χ2v) is 6.00. The lowest BCUT2D eigenvalue weighted by Gasteiger charge is -2.17. The molecule has 1 aliphatic rings. The van der Waals surface area contributed by atoms with Gasteiger partial charge in [0.05, 0.1) is 0 Å². The second-order valence-electron chi connectivity index (χ2n) is 3.61. The summed E-state index contributed by atoms with van der Waals surface area (Å²) in [4.78, 5) is 20.2. The first kappa shape index (κ1) is 10.1. The Hall–Kier alpha value is -2.08. The Labute approximate surface area is 98.5 Å². The molecule has 1 N–H and O–H groups in total. The van der Waals surface area contributed by atoms with E-state index in [1.807, 2.05) is 6.07 Å². The van der Waals surface area contributed by atoms with Crippen LogP contribution in [0.25, 0.3) is 0 Å². The van der Waals surface area contributed by atoms with Gasteiger partial charge in [-0.25, -0.2) is 9.97 Å². The highest BCUT2D eigenvalue weighted by molar-refractivity contribution is 8.02. The van der Waals surface area contributed by atoms with Crippen LogP contribution >= 0.6 is 0 Å². The normalized spacial score (nSPS) is 18.2. The number of aromatic nitrogens is 2. The second kappa shape index (κ2) is 3.46. The van der Waals surface area contributed by atoms with E-state index < -0.39 is 16.0 Å². The van der Waals surface area contributed by atoms with E-state index in [9.17, 15) is 9.00 Å². The summed E-state index contributed by atoms with van der Waals surface area (Å²) >= 11 is 0. The van der Waals surface area contributed by atoms with Crippen LogP contribution in [0.3, 0.4) is 0 Å². The zero-order chi connectivity index (χ0) is 11.9. The largest absolute Gasteiger partial charge is 0.283 e. The molecule has 3 rings (SSSR count). The minimum Gasteiger partial charge on any atom is -0.283 e. The Bertz CT molecular complexity index is 642. The van der Waals surface area contributed by atoms with E-state index in [1.54, 1.807) is 24.3 Å². The monoisotopic (exact) mass is 247 g/mol. The zero-order valence-corrected chi connectivity index (χ0v) is 9.59. The van der Waals surface area contributed by atoms with Crippen molar-refractivity contribution in [1.29, 1.82) is 0 Å². The summed E-state index contributed by atoms with van der Waals surface area (Å²) in [5.41, 5.74) is 0.152. The highest BCUT2D eigenvalue weighted by Crippen LogP contribution is 2.30. The SMILES string of the molecule is O=C1N[SH](=O)(c2ccccc2)c2nccnc21. The van der Waals surface area contributed by atoms with Crippen molar-refractivity contribution in [2.75, 3.05) is 0 Å². The van der Waals surface area contributed by atoms with Crippen molar-refractivity contribution >= 4 is 16.0 Å². The number of carbonyl (C=O) groups is 1. The van der Waals surface area contributed by atoms with Crippen molar-refractivity contribution in [3.8, 4) is 0 Å². The number of nitrogens with one attached hydrogen (secondary N) is 1. The molecule has 86 valence electrons. The molecule has 0 saturated heterocycles. The molecule has 0 fully saturated rings.